The summed E-state index contributed by atoms with van der Waals surface area (Å²) in [4.78, 5) is 23.8. The normalized spacial score (nSPS) is 18.3. The van der Waals surface area contributed by atoms with E-state index in [4.69, 9.17) is 0 Å². The molecule has 2 nitrogen and oxygen atoms in total. The lowest BCUT2D eigenvalue weighted by molar-refractivity contribution is -0.136. The Morgan fingerprint density at radius 2 is 1.89 bits per heavy atom. The number of halogens is 2. The van der Waals surface area contributed by atoms with Gasteiger partial charge >= 0.3 is 5.92 Å². The van der Waals surface area contributed by atoms with Crippen LogP contribution in [-0.2, 0) is 4.79 Å². The molecule has 1 aromatic carbocycles. The Morgan fingerprint density at radius 3 is 2.44 bits per heavy atom. The molecule has 0 aromatic heterocycles. The van der Waals surface area contributed by atoms with Crippen LogP contribution < -0.4 is 0 Å². The van der Waals surface area contributed by atoms with Gasteiger partial charge in [-0.15, -0.1) is 11.8 Å². The summed E-state index contributed by atoms with van der Waals surface area (Å²) >= 11 is 1.03. The molecule has 0 heterocycles. The summed E-state index contributed by atoms with van der Waals surface area (Å²) in [5.41, 5.74) is -0.108. The van der Waals surface area contributed by atoms with E-state index in [-0.39, 0.29) is 16.0 Å². The summed E-state index contributed by atoms with van der Waals surface area (Å²) in [5, 5.41) is 0. The Labute approximate surface area is 107 Å². The maximum absolute atomic E-state index is 13.3. The molecule has 0 N–H and O–H groups in total. The molecule has 1 aromatic rings. The molecule has 0 saturated heterocycles. The summed E-state index contributed by atoms with van der Waals surface area (Å²) in [7, 11) is 0. The molecule has 0 fully saturated rings. The minimum atomic E-state index is -3.45. The Hall–Kier alpha value is -1.49. The van der Waals surface area contributed by atoms with E-state index < -0.39 is 23.9 Å². The summed E-state index contributed by atoms with van der Waals surface area (Å²) in [6, 6.07) is 7.99. The van der Waals surface area contributed by atoms with Crippen molar-refractivity contribution < 1.29 is 18.4 Å². The summed E-state index contributed by atoms with van der Waals surface area (Å²) in [6.07, 6.45) is 0.920. The first-order chi connectivity index (χ1) is 8.47. The zero-order valence-corrected chi connectivity index (χ0v) is 10.4. The van der Waals surface area contributed by atoms with Crippen molar-refractivity contribution >= 4 is 23.3 Å². The van der Waals surface area contributed by atoms with Gasteiger partial charge in [0.2, 0.25) is 5.78 Å². The molecule has 0 spiro atoms. The van der Waals surface area contributed by atoms with Crippen LogP contribution in [0, 0.1) is 0 Å². The van der Waals surface area contributed by atoms with Gasteiger partial charge in [0, 0.05) is 10.5 Å². The van der Waals surface area contributed by atoms with Crippen LogP contribution in [0.3, 0.4) is 0 Å². The molecule has 0 radical (unpaired) electrons. The van der Waals surface area contributed by atoms with Crippen molar-refractivity contribution in [3.05, 3.63) is 46.4 Å². The van der Waals surface area contributed by atoms with Gasteiger partial charge in [-0.3, -0.25) is 9.59 Å². The third-order valence-electron chi connectivity index (χ3n) is 2.73. The summed E-state index contributed by atoms with van der Waals surface area (Å²) in [5.74, 6) is -5.43. The number of hydrogen-bond donors (Lipinski definition) is 0. The topological polar surface area (TPSA) is 34.1 Å². The predicted molar refractivity (Wildman–Crippen MR) is 65.9 cm³/mol. The lowest BCUT2D eigenvalue weighted by Crippen LogP contribution is -2.26. The number of Topliss-reactive ketones (excluding diaryl/α,β-unsaturated/α-hetero) is 2. The fraction of sp³-hybridized carbons (Fsp3) is 0.231. The predicted octanol–water partition coefficient (Wildman–Crippen LogP) is 3.09. The molecule has 18 heavy (non-hydrogen) atoms. The highest BCUT2D eigenvalue weighted by Crippen LogP contribution is 2.41. The SMILES string of the molecule is CSC1=C(C(=O)c2ccccc2)C(=O)C(F)(F)C1. The molecule has 0 amide bonds. The number of ketones is 2. The van der Waals surface area contributed by atoms with Gasteiger partial charge in [0.15, 0.2) is 5.78 Å². The molecule has 0 atom stereocenters. The van der Waals surface area contributed by atoms with Crippen LogP contribution >= 0.6 is 11.8 Å². The fourth-order valence-corrected chi connectivity index (χ4v) is 2.53. The number of hydrogen-bond acceptors (Lipinski definition) is 3. The van der Waals surface area contributed by atoms with Gasteiger partial charge in [-0.25, -0.2) is 0 Å². The molecule has 2 rings (SSSR count). The van der Waals surface area contributed by atoms with Crippen molar-refractivity contribution in [2.24, 2.45) is 0 Å². The van der Waals surface area contributed by atoms with E-state index in [1.807, 2.05) is 0 Å². The van der Waals surface area contributed by atoms with Gasteiger partial charge < -0.3 is 0 Å². The number of benzene rings is 1. The standard InChI is InChI=1S/C13H10F2O2S/c1-18-9-7-13(14,15)12(17)10(9)11(16)8-5-3-2-4-6-8/h2-6H,7H2,1H3. The molecule has 0 bridgehead atoms. The first-order valence-corrected chi connectivity index (χ1v) is 6.49. The van der Waals surface area contributed by atoms with Crippen LogP contribution in [0.4, 0.5) is 8.78 Å². The quantitative estimate of drug-likeness (QED) is 0.624. The number of thioether (sulfide) groups is 1. The van der Waals surface area contributed by atoms with Gasteiger partial charge in [-0.2, -0.15) is 8.78 Å². The second kappa shape index (κ2) is 4.65. The second-order valence-corrected chi connectivity index (χ2v) is 4.81. The van der Waals surface area contributed by atoms with Crippen LogP contribution in [0.2, 0.25) is 0 Å². The Bertz CT molecular complexity index is 535. The van der Waals surface area contributed by atoms with Crippen molar-refractivity contribution in [1.29, 1.82) is 0 Å². The first-order valence-electron chi connectivity index (χ1n) is 5.27. The number of carbonyl (C=O) groups is 2. The van der Waals surface area contributed by atoms with Crippen molar-refractivity contribution in [2.45, 2.75) is 12.3 Å². The van der Waals surface area contributed by atoms with Crippen LogP contribution in [-0.4, -0.2) is 23.7 Å². The van der Waals surface area contributed by atoms with Crippen LogP contribution in [0.25, 0.3) is 0 Å². The smallest absolute Gasteiger partial charge is 0.288 e. The third-order valence-corrected chi connectivity index (χ3v) is 3.57. The Morgan fingerprint density at radius 1 is 1.28 bits per heavy atom. The van der Waals surface area contributed by atoms with E-state index in [2.05, 4.69) is 0 Å². The highest BCUT2D eigenvalue weighted by atomic mass is 32.2. The average molecular weight is 268 g/mol. The average Bonchev–Trinajstić information content (AvgIpc) is 2.60. The number of allylic oxidation sites excluding steroid dienone is 2. The van der Waals surface area contributed by atoms with Crippen molar-refractivity contribution in [2.75, 3.05) is 6.26 Å². The van der Waals surface area contributed by atoms with E-state index in [1.54, 1.807) is 24.5 Å². The molecule has 0 aliphatic heterocycles. The Kier molecular flexibility index (Phi) is 3.34. The Balaban J connectivity index is 2.44. The summed E-state index contributed by atoms with van der Waals surface area (Å²) < 4.78 is 26.7. The molecular weight excluding hydrogens is 258 g/mol. The second-order valence-electron chi connectivity index (χ2n) is 3.91. The van der Waals surface area contributed by atoms with Gasteiger partial charge in [-0.05, 0) is 6.26 Å². The van der Waals surface area contributed by atoms with Crippen molar-refractivity contribution in [1.82, 2.24) is 0 Å². The lowest BCUT2D eigenvalue weighted by Gasteiger charge is -2.06. The number of rotatable bonds is 3. The van der Waals surface area contributed by atoms with E-state index in [0.29, 0.717) is 0 Å². The molecule has 94 valence electrons. The number of alkyl halides is 2. The largest absolute Gasteiger partial charge is 0.314 e. The maximum atomic E-state index is 13.3. The minimum Gasteiger partial charge on any atom is -0.288 e. The molecular formula is C13H10F2O2S. The highest BCUT2D eigenvalue weighted by Gasteiger charge is 2.50. The molecule has 5 heteroatoms. The third kappa shape index (κ3) is 2.10. The van der Waals surface area contributed by atoms with E-state index in [9.17, 15) is 18.4 Å². The summed E-state index contributed by atoms with van der Waals surface area (Å²) in [6.45, 7) is 0. The minimum absolute atomic E-state index is 0.166. The van der Waals surface area contributed by atoms with Gasteiger partial charge in [0.05, 0.1) is 12.0 Å². The van der Waals surface area contributed by atoms with Gasteiger partial charge in [0.1, 0.15) is 0 Å². The van der Waals surface area contributed by atoms with E-state index in [0.717, 1.165) is 11.8 Å². The molecule has 0 unspecified atom stereocenters. The van der Waals surface area contributed by atoms with Crippen molar-refractivity contribution in [3.8, 4) is 0 Å². The van der Waals surface area contributed by atoms with Crippen molar-refractivity contribution in [3.63, 3.8) is 0 Å². The molecule has 1 aliphatic rings. The lowest BCUT2D eigenvalue weighted by atomic mass is 10.0. The highest BCUT2D eigenvalue weighted by molar-refractivity contribution is 8.02. The van der Waals surface area contributed by atoms with Crippen LogP contribution in [0.1, 0.15) is 16.8 Å². The van der Waals surface area contributed by atoms with Crippen LogP contribution in [0.5, 0.6) is 0 Å². The maximum Gasteiger partial charge on any atom is 0.314 e. The van der Waals surface area contributed by atoms with Gasteiger partial charge in [-0.1, -0.05) is 30.3 Å². The number of carbonyl (C=O) groups excluding carboxylic acids is 2. The molecule has 0 saturated carbocycles. The first kappa shape index (κ1) is 13.0. The zero-order chi connectivity index (χ0) is 13.3. The monoisotopic (exact) mass is 268 g/mol. The van der Waals surface area contributed by atoms with Crippen LogP contribution in [0.15, 0.2) is 40.8 Å². The molecule has 1 aliphatic carbocycles. The van der Waals surface area contributed by atoms with E-state index in [1.165, 1.54) is 12.1 Å². The van der Waals surface area contributed by atoms with E-state index >= 15 is 0 Å². The fourth-order valence-electron chi connectivity index (χ4n) is 1.82. The zero-order valence-electron chi connectivity index (χ0n) is 9.57. The van der Waals surface area contributed by atoms with Gasteiger partial charge in [0.25, 0.3) is 0 Å².